The minimum absolute atomic E-state index is 0.380. The van der Waals surface area contributed by atoms with E-state index in [0.717, 1.165) is 4.90 Å². The SMILES string of the molecule is CC(c1ccccc1Cl)N(C)C(=O)C(C)(N)C(F)(F)F. The number of nitrogens with zero attached hydrogens (tertiary/aromatic N) is 1. The van der Waals surface area contributed by atoms with Crippen molar-refractivity contribution < 1.29 is 18.0 Å². The second-order valence-corrected chi connectivity index (χ2v) is 5.22. The lowest BCUT2D eigenvalue weighted by molar-refractivity contribution is -0.194. The molecule has 1 aromatic carbocycles. The first-order valence-electron chi connectivity index (χ1n) is 5.87. The van der Waals surface area contributed by atoms with E-state index < -0.39 is 23.7 Å². The average Bonchev–Trinajstić information content (AvgIpc) is 2.35. The first kappa shape index (κ1) is 16.8. The monoisotopic (exact) mass is 308 g/mol. The zero-order valence-corrected chi connectivity index (χ0v) is 12.1. The first-order valence-corrected chi connectivity index (χ1v) is 6.25. The number of alkyl halides is 3. The van der Waals surface area contributed by atoms with E-state index in [-0.39, 0.29) is 0 Å². The Morgan fingerprint density at radius 3 is 2.30 bits per heavy atom. The maximum atomic E-state index is 12.8. The van der Waals surface area contributed by atoms with Gasteiger partial charge in [0.1, 0.15) is 0 Å². The van der Waals surface area contributed by atoms with Crippen LogP contribution in [0.15, 0.2) is 24.3 Å². The van der Waals surface area contributed by atoms with Gasteiger partial charge < -0.3 is 10.6 Å². The summed E-state index contributed by atoms with van der Waals surface area (Å²) in [6.07, 6.45) is -4.82. The van der Waals surface area contributed by atoms with Gasteiger partial charge in [-0.2, -0.15) is 13.2 Å². The zero-order chi connectivity index (χ0) is 15.7. The highest BCUT2D eigenvalue weighted by Crippen LogP contribution is 2.33. The van der Waals surface area contributed by atoms with Crippen molar-refractivity contribution in [2.75, 3.05) is 7.05 Å². The van der Waals surface area contributed by atoms with E-state index in [2.05, 4.69) is 0 Å². The number of rotatable bonds is 3. The number of amides is 1. The van der Waals surface area contributed by atoms with Gasteiger partial charge in [0.05, 0.1) is 6.04 Å². The van der Waals surface area contributed by atoms with Crippen molar-refractivity contribution in [3.63, 3.8) is 0 Å². The summed E-state index contributed by atoms with van der Waals surface area (Å²) in [5.74, 6) is -1.21. The highest BCUT2D eigenvalue weighted by atomic mass is 35.5. The molecule has 0 spiro atoms. The largest absolute Gasteiger partial charge is 0.415 e. The van der Waals surface area contributed by atoms with Gasteiger partial charge in [-0.15, -0.1) is 0 Å². The van der Waals surface area contributed by atoms with Gasteiger partial charge in [-0.3, -0.25) is 4.79 Å². The molecule has 0 aliphatic heterocycles. The molecule has 0 radical (unpaired) electrons. The fraction of sp³-hybridized carbons (Fsp3) is 0.462. The molecular weight excluding hydrogens is 293 g/mol. The molecule has 0 heterocycles. The van der Waals surface area contributed by atoms with Gasteiger partial charge in [-0.05, 0) is 25.5 Å². The molecule has 1 amide bonds. The Labute approximate surface area is 120 Å². The fourth-order valence-electron chi connectivity index (χ4n) is 1.69. The van der Waals surface area contributed by atoms with Crippen molar-refractivity contribution in [3.8, 4) is 0 Å². The van der Waals surface area contributed by atoms with Crippen LogP contribution in [0.25, 0.3) is 0 Å². The summed E-state index contributed by atoms with van der Waals surface area (Å²) in [5, 5.41) is 0.380. The van der Waals surface area contributed by atoms with Gasteiger partial charge in [-0.1, -0.05) is 29.8 Å². The van der Waals surface area contributed by atoms with Gasteiger partial charge >= 0.3 is 6.18 Å². The maximum absolute atomic E-state index is 12.8. The van der Waals surface area contributed by atoms with E-state index >= 15 is 0 Å². The molecule has 0 fully saturated rings. The van der Waals surface area contributed by atoms with Crippen LogP contribution in [0.1, 0.15) is 25.5 Å². The molecule has 0 saturated heterocycles. The Morgan fingerprint density at radius 1 is 1.35 bits per heavy atom. The van der Waals surface area contributed by atoms with Crippen molar-refractivity contribution in [1.29, 1.82) is 0 Å². The molecule has 0 bridgehead atoms. The third-order valence-corrected chi connectivity index (χ3v) is 3.63. The van der Waals surface area contributed by atoms with Crippen LogP contribution in [-0.2, 0) is 4.79 Å². The van der Waals surface area contributed by atoms with Crippen LogP contribution < -0.4 is 5.73 Å². The first-order chi connectivity index (χ1) is 9.00. The smallest absolute Gasteiger partial charge is 0.337 e. The fourth-order valence-corrected chi connectivity index (χ4v) is 1.98. The molecule has 1 rings (SSSR count). The highest BCUT2D eigenvalue weighted by Gasteiger charge is 2.55. The number of likely N-dealkylation sites (N-methyl/N-ethyl adjacent to an activating group) is 1. The summed E-state index contributed by atoms with van der Waals surface area (Å²) < 4.78 is 38.4. The van der Waals surface area contributed by atoms with Crippen LogP contribution in [0.3, 0.4) is 0 Å². The van der Waals surface area contributed by atoms with Crippen LogP contribution in [0.4, 0.5) is 13.2 Å². The number of hydrogen-bond donors (Lipinski definition) is 1. The van der Waals surface area contributed by atoms with Crippen molar-refractivity contribution >= 4 is 17.5 Å². The van der Waals surface area contributed by atoms with Crippen LogP contribution in [-0.4, -0.2) is 29.6 Å². The Hall–Kier alpha value is -1.27. The Kier molecular flexibility index (Phi) is 4.71. The molecule has 0 aliphatic carbocycles. The molecule has 112 valence electrons. The van der Waals surface area contributed by atoms with Gasteiger partial charge in [0.15, 0.2) is 5.54 Å². The summed E-state index contributed by atoms with van der Waals surface area (Å²) in [7, 11) is 1.27. The summed E-state index contributed by atoms with van der Waals surface area (Å²) in [6.45, 7) is 2.25. The maximum Gasteiger partial charge on any atom is 0.415 e. The zero-order valence-electron chi connectivity index (χ0n) is 11.3. The Bertz CT molecular complexity index is 503. The quantitative estimate of drug-likeness (QED) is 0.932. The standard InChI is InChI=1S/C13H16ClF3N2O/c1-8(9-6-4-5-7-10(9)14)19(3)11(20)12(2,18)13(15,16)17/h4-8H,18H2,1-3H3. The van der Waals surface area contributed by atoms with Crippen molar-refractivity contribution in [2.24, 2.45) is 5.73 Å². The molecule has 7 heteroatoms. The number of hydrogen-bond acceptors (Lipinski definition) is 2. The van der Waals surface area contributed by atoms with E-state index in [0.29, 0.717) is 17.5 Å². The molecule has 20 heavy (non-hydrogen) atoms. The number of halogens is 4. The van der Waals surface area contributed by atoms with Gasteiger partial charge in [-0.25, -0.2) is 0 Å². The second-order valence-electron chi connectivity index (χ2n) is 4.81. The molecule has 3 nitrogen and oxygen atoms in total. The van der Waals surface area contributed by atoms with Crippen molar-refractivity contribution in [3.05, 3.63) is 34.9 Å². The van der Waals surface area contributed by atoms with Gasteiger partial charge in [0.2, 0.25) is 0 Å². The average molecular weight is 309 g/mol. The molecule has 2 atom stereocenters. The van der Waals surface area contributed by atoms with Crippen LogP contribution in [0, 0.1) is 0 Å². The predicted octanol–water partition coefficient (Wildman–Crippen LogP) is 3.14. The normalized spacial score (nSPS) is 16.4. The third-order valence-electron chi connectivity index (χ3n) is 3.29. The third kappa shape index (κ3) is 3.07. The topological polar surface area (TPSA) is 46.3 Å². The second kappa shape index (κ2) is 5.61. The van der Waals surface area contributed by atoms with E-state index in [1.54, 1.807) is 31.2 Å². The summed E-state index contributed by atoms with van der Waals surface area (Å²) in [5.41, 5.74) is 2.77. The lowest BCUT2D eigenvalue weighted by Gasteiger charge is -2.34. The summed E-state index contributed by atoms with van der Waals surface area (Å²) in [6, 6.07) is 6.03. The van der Waals surface area contributed by atoms with E-state index in [9.17, 15) is 18.0 Å². The number of nitrogens with two attached hydrogens (primary N) is 1. The van der Waals surface area contributed by atoms with Crippen molar-refractivity contribution in [1.82, 2.24) is 4.90 Å². The molecule has 1 aromatic rings. The van der Waals surface area contributed by atoms with Crippen LogP contribution in [0.2, 0.25) is 5.02 Å². The molecular formula is C13H16ClF3N2O. The van der Waals surface area contributed by atoms with Gasteiger partial charge in [0, 0.05) is 12.1 Å². The van der Waals surface area contributed by atoms with Crippen molar-refractivity contribution in [2.45, 2.75) is 31.6 Å². The van der Waals surface area contributed by atoms with E-state index in [4.69, 9.17) is 17.3 Å². The van der Waals surface area contributed by atoms with Crippen LogP contribution >= 0.6 is 11.6 Å². The Morgan fingerprint density at radius 2 is 1.85 bits per heavy atom. The van der Waals surface area contributed by atoms with E-state index in [1.165, 1.54) is 7.05 Å². The lowest BCUT2D eigenvalue weighted by Crippen LogP contribution is -2.61. The van der Waals surface area contributed by atoms with Crippen LogP contribution in [0.5, 0.6) is 0 Å². The van der Waals surface area contributed by atoms with E-state index in [1.807, 2.05) is 0 Å². The predicted molar refractivity (Wildman–Crippen MR) is 71.3 cm³/mol. The molecule has 2 N–H and O–H groups in total. The molecule has 0 aromatic heterocycles. The number of carbonyl (C=O) groups excluding carboxylic acids is 1. The minimum Gasteiger partial charge on any atom is -0.337 e. The number of carbonyl (C=O) groups is 1. The summed E-state index contributed by atoms with van der Waals surface area (Å²) in [4.78, 5) is 12.9. The Balaban J connectivity index is 3.04. The lowest BCUT2D eigenvalue weighted by atomic mass is 9.99. The minimum atomic E-state index is -4.82. The molecule has 2 unspecified atom stereocenters. The highest BCUT2D eigenvalue weighted by molar-refractivity contribution is 6.31. The molecule has 0 saturated carbocycles. The summed E-state index contributed by atoms with van der Waals surface area (Å²) >= 11 is 5.98. The van der Waals surface area contributed by atoms with Gasteiger partial charge in [0.25, 0.3) is 5.91 Å². The molecule has 0 aliphatic rings. The number of benzene rings is 1.